The van der Waals surface area contributed by atoms with Gasteiger partial charge in [-0.1, -0.05) is 0 Å². The van der Waals surface area contributed by atoms with Crippen molar-refractivity contribution in [2.45, 2.75) is 82.6 Å². The first kappa shape index (κ1) is 19.0. The minimum atomic E-state index is -1.50. The molecule has 3 rings (SSSR count). The molecule has 144 valence electrons. The van der Waals surface area contributed by atoms with Gasteiger partial charge >= 0.3 is 5.97 Å². The number of aliphatic hydroxyl groups excluding tert-OH is 1. The summed E-state index contributed by atoms with van der Waals surface area (Å²) in [5.74, 6) is -2.17. The third kappa shape index (κ3) is 3.56. The summed E-state index contributed by atoms with van der Waals surface area (Å²) in [6.45, 7) is 8.94. The van der Waals surface area contributed by atoms with E-state index in [9.17, 15) is 9.90 Å². The Morgan fingerprint density at radius 1 is 1.04 bits per heavy atom. The van der Waals surface area contributed by atoms with Crippen LogP contribution in [0.1, 0.15) is 41.0 Å². The molecule has 0 spiro atoms. The van der Waals surface area contributed by atoms with Crippen molar-refractivity contribution in [3.63, 3.8) is 0 Å². The van der Waals surface area contributed by atoms with Crippen molar-refractivity contribution in [1.29, 1.82) is 0 Å². The zero-order valence-corrected chi connectivity index (χ0v) is 15.4. The van der Waals surface area contributed by atoms with Gasteiger partial charge in [-0.15, -0.1) is 0 Å². The molecule has 0 radical (unpaired) electrons. The number of aliphatic hydroxyl groups is 1. The maximum Gasteiger partial charge on any atom is 0.340 e. The Morgan fingerprint density at radius 3 is 2.24 bits per heavy atom. The number of esters is 1. The minimum absolute atomic E-state index is 0.157. The van der Waals surface area contributed by atoms with Crippen LogP contribution in [0.3, 0.4) is 0 Å². The van der Waals surface area contributed by atoms with Crippen molar-refractivity contribution in [2.24, 2.45) is 0 Å². The molecular formula is C17H28O8. The largest absolute Gasteiger partial charge is 0.464 e. The van der Waals surface area contributed by atoms with E-state index in [-0.39, 0.29) is 13.0 Å². The predicted molar refractivity (Wildman–Crippen MR) is 84.7 cm³/mol. The van der Waals surface area contributed by atoms with Gasteiger partial charge in [0.2, 0.25) is 0 Å². The van der Waals surface area contributed by atoms with Gasteiger partial charge in [0.25, 0.3) is 0 Å². The monoisotopic (exact) mass is 360 g/mol. The topological polar surface area (TPSA) is 92.7 Å². The lowest BCUT2D eigenvalue weighted by atomic mass is 9.86. The number of carbonyl (C=O) groups is 1. The zero-order chi connectivity index (χ0) is 18.5. The Bertz CT molecular complexity index is 519. The predicted octanol–water partition coefficient (Wildman–Crippen LogP) is 0.741. The third-order valence-corrected chi connectivity index (χ3v) is 4.74. The highest BCUT2D eigenvalue weighted by Crippen LogP contribution is 2.44. The SMILES string of the molecule is CCOC(=O)[C@]1(CO)C[C@H]2OC(C)(C)O[C@H]2[C@@H]([C@H]2COC(C)(C)O2)O1. The summed E-state index contributed by atoms with van der Waals surface area (Å²) in [5, 5.41) is 9.96. The van der Waals surface area contributed by atoms with Gasteiger partial charge in [0.15, 0.2) is 17.2 Å². The molecule has 0 aromatic carbocycles. The smallest absolute Gasteiger partial charge is 0.340 e. The van der Waals surface area contributed by atoms with E-state index in [1.165, 1.54) is 0 Å². The number of hydrogen-bond donors (Lipinski definition) is 1. The fourth-order valence-electron chi connectivity index (χ4n) is 3.73. The second-order valence-corrected chi connectivity index (χ2v) is 7.67. The van der Waals surface area contributed by atoms with Crippen LogP contribution in [-0.4, -0.2) is 72.5 Å². The first-order valence-corrected chi connectivity index (χ1v) is 8.75. The Kier molecular flexibility index (Phi) is 4.89. The summed E-state index contributed by atoms with van der Waals surface area (Å²) in [5.41, 5.74) is -1.50. The molecule has 0 aromatic heterocycles. The number of ether oxygens (including phenoxy) is 6. The van der Waals surface area contributed by atoms with Crippen LogP contribution in [0, 0.1) is 0 Å². The number of rotatable bonds is 4. The van der Waals surface area contributed by atoms with Crippen molar-refractivity contribution in [2.75, 3.05) is 19.8 Å². The summed E-state index contributed by atoms with van der Waals surface area (Å²) in [6, 6.07) is 0. The fourth-order valence-corrected chi connectivity index (χ4v) is 3.73. The fraction of sp³-hybridized carbons (Fsp3) is 0.941. The molecule has 3 fully saturated rings. The molecule has 3 heterocycles. The normalized spacial score (nSPS) is 42.2. The van der Waals surface area contributed by atoms with Gasteiger partial charge in [-0.2, -0.15) is 0 Å². The van der Waals surface area contributed by atoms with E-state index in [1.54, 1.807) is 6.92 Å². The van der Waals surface area contributed by atoms with Crippen LogP contribution in [0.25, 0.3) is 0 Å². The molecule has 0 aromatic rings. The van der Waals surface area contributed by atoms with Gasteiger partial charge in [-0.05, 0) is 34.6 Å². The van der Waals surface area contributed by atoms with Crippen LogP contribution in [0.5, 0.6) is 0 Å². The maximum atomic E-state index is 12.5. The van der Waals surface area contributed by atoms with Crippen molar-refractivity contribution < 1.29 is 38.3 Å². The van der Waals surface area contributed by atoms with E-state index >= 15 is 0 Å². The van der Waals surface area contributed by atoms with Gasteiger partial charge in [0, 0.05) is 6.42 Å². The number of fused-ring (bicyclic) bond motifs is 1. The van der Waals surface area contributed by atoms with Crippen molar-refractivity contribution in [3.05, 3.63) is 0 Å². The van der Waals surface area contributed by atoms with Gasteiger partial charge < -0.3 is 33.5 Å². The van der Waals surface area contributed by atoms with E-state index in [4.69, 9.17) is 28.4 Å². The van der Waals surface area contributed by atoms with E-state index in [0.29, 0.717) is 6.61 Å². The average molecular weight is 360 g/mol. The molecule has 3 aliphatic rings. The van der Waals surface area contributed by atoms with Gasteiger partial charge in [0.1, 0.15) is 18.3 Å². The molecule has 3 aliphatic heterocycles. The minimum Gasteiger partial charge on any atom is -0.464 e. The lowest BCUT2D eigenvalue weighted by Gasteiger charge is -2.44. The lowest BCUT2D eigenvalue weighted by molar-refractivity contribution is -0.245. The summed E-state index contributed by atoms with van der Waals surface area (Å²) < 4.78 is 34.8. The van der Waals surface area contributed by atoms with Crippen LogP contribution < -0.4 is 0 Å². The highest BCUT2D eigenvalue weighted by atomic mass is 16.8. The van der Waals surface area contributed by atoms with Crippen LogP contribution in [-0.2, 0) is 33.2 Å². The molecular weight excluding hydrogens is 332 g/mol. The highest BCUT2D eigenvalue weighted by Gasteiger charge is 2.61. The molecule has 0 saturated carbocycles. The van der Waals surface area contributed by atoms with Gasteiger partial charge in [-0.3, -0.25) is 0 Å². The van der Waals surface area contributed by atoms with Crippen LogP contribution >= 0.6 is 0 Å². The average Bonchev–Trinajstić information content (AvgIpc) is 3.03. The van der Waals surface area contributed by atoms with E-state index in [2.05, 4.69) is 0 Å². The standard InChI is InChI=1S/C17H28O8/c1-6-20-14(19)17(9-18)7-10-12(24-16(4,5)22-10)13(25-17)11-8-21-15(2,3)23-11/h10-13,18H,6-9H2,1-5H3/t10-,11-,12-,13-,17-/m1/s1. The molecule has 25 heavy (non-hydrogen) atoms. The van der Waals surface area contributed by atoms with Crippen molar-refractivity contribution in [1.82, 2.24) is 0 Å². The second-order valence-electron chi connectivity index (χ2n) is 7.67. The molecule has 8 nitrogen and oxygen atoms in total. The third-order valence-electron chi connectivity index (χ3n) is 4.74. The Labute approximate surface area is 147 Å². The first-order valence-electron chi connectivity index (χ1n) is 8.75. The van der Waals surface area contributed by atoms with Crippen molar-refractivity contribution >= 4 is 5.97 Å². The Morgan fingerprint density at radius 2 is 1.68 bits per heavy atom. The molecule has 0 amide bonds. The Hall–Kier alpha value is -0.770. The molecule has 3 saturated heterocycles. The van der Waals surface area contributed by atoms with E-state index < -0.39 is 54.2 Å². The van der Waals surface area contributed by atoms with Gasteiger partial charge in [0.05, 0.1) is 25.9 Å². The number of hydrogen-bond acceptors (Lipinski definition) is 8. The van der Waals surface area contributed by atoms with E-state index in [1.807, 2.05) is 27.7 Å². The van der Waals surface area contributed by atoms with Crippen LogP contribution in [0.2, 0.25) is 0 Å². The lowest BCUT2D eigenvalue weighted by Crippen LogP contribution is -2.62. The quantitative estimate of drug-likeness (QED) is 0.734. The first-order chi connectivity index (χ1) is 11.6. The van der Waals surface area contributed by atoms with E-state index in [0.717, 1.165) is 0 Å². The summed E-state index contributed by atoms with van der Waals surface area (Å²) in [4.78, 5) is 12.5. The molecule has 1 N–H and O–H groups in total. The van der Waals surface area contributed by atoms with Gasteiger partial charge in [-0.25, -0.2) is 4.79 Å². The summed E-state index contributed by atoms with van der Waals surface area (Å²) in [7, 11) is 0. The van der Waals surface area contributed by atoms with Crippen LogP contribution in [0.15, 0.2) is 0 Å². The molecule has 0 bridgehead atoms. The van der Waals surface area contributed by atoms with Crippen molar-refractivity contribution in [3.8, 4) is 0 Å². The molecule has 5 atom stereocenters. The zero-order valence-electron chi connectivity index (χ0n) is 15.4. The molecule has 0 unspecified atom stereocenters. The second kappa shape index (κ2) is 6.44. The maximum absolute atomic E-state index is 12.5. The van der Waals surface area contributed by atoms with Crippen LogP contribution in [0.4, 0.5) is 0 Å². The Balaban J connectivity index is 1.89. The molecule has 8 heteroatoms. The summed E-state index contributed by atoms with van der Waals surface area (Å²) >= 11 is 0. The summed E-state index contributed by atoms with van der Waals surface area (Å²) in [6.07, 6.45) is -1.76. The number of carbonyl (C=O) groups excluding carboxylic acids is 1. The molecule has 0 aliphatic carbocycles. The highest BCUT2D eigenvalue weighted by molar-refractivity contribution is 5.80.